The standard InChI is InChI=1S/C15H30N2O2/c1-3-6-13(18-4-2)14(17-16)12-7-10-19-15(11-12)8-5-9-15/h12-14,17H,3-11,16H2,1-2H3. The maximum absolute atomic E-state index is 6.02. The molecule has 3 unspecified atom stereocenters. The average Bonchev–Trinajstić information content (AvgIpc) is 2.39. The first-order valence-corrected chi connectivity index (χ1v) is 7.96. The third-order valence-electron chi connectivity index (χ3n) is 4.85. The average molecular weight is 270 g/mol. The number of nitrogens with two attached hydrogens (primary N) is 1. The number of hydrogen-bond acceptors (Lipinski definition) is 4. The normalized spacial score (nSPS) is 28.9. The van der Waals surface area contributed by atoms with Crippen molar-refractivity contribution >= 4 is 0 Å². The number of rotatable bonds is 7. The lowest BCUT2D eigenvalue weighted by Crippen LogP contribution is -2.55. The molecule has 2 aliphatic rings. The van der Waals surface area contributed by atoms with Gasteiger partial charge >= 0.3 is 0 Å². The van der Waals surface area contributed by atoms with E-state index in [0.717, 1.165) is 38.9 Å². The molecular formula is C15H30N2O2. The topological polar surface area (TPSA) is 56.5 Å². The van der Waals surface area contributed by atoms with Crippen LogP contribution >= 0.6 is 0 Å². The smallest absolute Gasteiger partial charge is 0.0743 e. The van der Waals surface area contributed by atoms with Crippen LogP contribution in [0, 0.1) is 5.92 Å². The Balaban J connectivity index is 1.98. The van der Waals surface area contributed by atoms with Gasteiger partial charge in [0.1, 0.15) is 0 Å². The maximum Gasteiger partial charge on any atom is 0.0743 e. The second-order valence-electron chi connectivity index (χ2n) is 6.11. The molecule has 1 aliphatic carbocycles. The zero-order valence-electron chi connectivity index (χ0n) is 12.5. The summed E-state index contributed by atoms with van der Waals surface area (Å²) in [5.74, 6) is 6.43. The van der Waals surface area contributed by atoms with E-state index >= 15 is 0 Å². The van der Waals surface area contributed by atoms with E-state index in [9.17, 15) is 0 Å². The highest BCUT2D eigenvalue weighted by atomic mass is 16.5. The number of nitrogens with one attached hydrogen (secondary N) is 1. The summed E-state index contributed by atoms with van der Waals surface area (Å²) >= 11 is 0. The molecule has 2 fully saturated rings. The fraction of sp³-hybridized carbons (Fsp3) is 1.00. The monoisotopic (exact) mass is 270 g/mol. The predicted octanol–water partition coefficient (Wildman–Crippen LogP) is 2.37. The van der Waals surface area contributed by atoms with E-state index < -0.39 is 0 Å². The Morgan fingerprint density at radius 3 is 2.74 bits per heavy atom. The van der Waals surface area contributed by atoms with Crippen LogP contribution < -0.4 is 11.3 Å². The molecule has 3 N–H and O–H groups in total. The lowest BCUT2D eigenvalue weighted by molar-refractivity contribution is -0.153. The lowest BCUT2D eigenvalue weighted by atomic mass is 9.69. The van der Waals surface area contributed by atoms with Gasteiger partial charge in [0.15, 0.2) is 0 Å². The van der Waals surface area contributed by atoms with Crippen LogP contribution in [0.25, 0.3) is 0 Å². The summed E-state index contributed by atoms with van der Waals surface area (Å²) in [4.78, 5) is 0. The third-order valence-corrected chi connectivity index (χ3v) is 4.85. The van der Waals surface area contributed by atoms with Crippen molar-refractivity contribution in [3.8, 4) is 0 Å². The quantitative estimate of drug-likeness (QED) is 0.551. The molecule has 0 aromatic heterocycles. The Morgan fingerprint density at radius 2 is 2.21 bits per heavy atom. The van der Waals surface area contributed by atoms with E-state index in [4.69, 9.17) is 15.3 Å². The van der Waals surface area contributed by atoms with Crippen molar-refractivity contribution < 1.29 is 9.47 Å². The van der Waals surface area contributed by atoms with E-state index in [0.29, 0.717) is 5.92 Å². The Morgan fingerprint density at radius 1 is 1.42 bits per heavy atom. The minimum Gasteiger partial charge on any atom is -0.377 e. The Hall–Kier alpha value is -0.160. The Bertz CT molecular complexity index is 263. The molecule has 4 heteroatoms. The summed E-state index contributed by atoms with van der Waals surface area (Å²) in [6.45, 7) is 5.91. The van der Waals surface area contributed by atoms with Gasteiger partial charge in [0.25, 0.3) is 0 Å². The van der Waals surface area contributed by atoms with Crippen molar-refractivity contribution in [2.75, 3.05) is 13.2 Å². The molecule has 19 heavy (non-hydrogen) atoms. The largest absolute Gasteiger partial charge is 0.377 e. The fourth-order valence-electron chi connectivity index (χ4n) is 3.70. The van der Waals surface area contributed by atoms with Crippen LogP contribution in [0.3, 0.4) is 0 Å². The first kappa shape index (κ1) is 15.2. The van der Waals surface area contributed by atoms with Gasteiger partial charge in [-0.3, -0.25) is 11.3 Å². The Kier molecular flexibility index (Phi) is 5.63. The van der Waals surface area contributed by atoms with Crippen molar-refractivity contribution in [1.82, 2.24) is 5.43 Å². The molecule has 1 spiro atoms. The number of ether oxygens (including phenoxy) is 2. The highest BCUT2D eigenvalue weighted by Crippen LogP contribution is 2.45. The zero-order valence-corrected chi connectivity index (χ0v) is 12.5. The summed E-state index contributed by atoms with van der Waals surface area (Å²) in [7, 11) is 0. The summed E-state index contributed by atoms with van der Waals surface area (Å²) in [5, 5.41) is 0. The van der Waals surface area contributed by atoms with Crippen LogP contribution in [-0.4, -0.2) is 31.0 Å². The minimum atomic E-state index is 0.182. The lowest BCUT2D eigenvalue weighted by Gasteiger charge is -2.49. The first-order valence-electron chi connectivity index (χ1n) is 7.96. The van der Waals surface area contributed by atoms with Gasteiger partial charge < -0.3 is 9.47 Å². The summed E-state index contributed by atoms with van der Waals surface area (Å²) in [6, 6.07) is 0.265. The molecule has 1 aliphatic heterocycles. The van der Waals surface area contributed by atoms with Gasteiger partial charge in [0.2, 0.25) is 0 Å². The molecule has 112 valence electrons. The van der Waals surface area contributed by atoms with Crippen LogP contribution in [0.2, 0.25) is 0 Å². The number of hydrogen-bond donors (Lipinski definition) is 2. The molecule has 0 amide bonds. The molecule has 2 rings (SSSR count). The van der Waals surface area contributed by atoms with Crippen LogP contribution in [0.1, 0.15) is 58.8 Å². The molecule has 0 aromatic carbocycles. The second-order valence-corrected chi connectivity index (χ2v) is 6.11. The van der Waals surface area contributed by atoms with Gasteiger partial charge in [-0.25, -0.2) is 0 Å². The van der Waals surface area contributed by atoms with E-state index in [1.54, 1.807) is 0 Å². The molecule has 4 nitrogen and oxygen atoms in total. The summed E-state index contributed by atoms with van der Waals surface area (Å²) in [5.41, 5.74) is 3.23. The predicted molar refractivity (Wildman–Crippen MR) is 76.7 cm³/mol. The molecule has 1 saturated carbocycles. The van der Waals surface area contributed by atoms with Crippen LogP contribution in [-0.2, 0) is 9.47 Å². The molecule has 0 bridgehead atoms. The molecule has 0 aromatic rings. The van der Waals surface area contributed by atoms with Gasteiger partial charge in [-0.1, -0.05) is 13.3 Å². The van der Waals surface area contributed by atoms with E-state index in [1.807, 2.05) is 0 Å². The van der Waals surface area contributed by atoms with Gasteiger partial charge in [-0.15, -0.1) is 0 Å². The van der Waals surface area contributed by atoms with Crippen molar-refractivity contribution in [3.05, 3.63) is 0 Å². The SMILES string of the molecule is CCCC(OCC)C(NN)C1CCOC2(CCC2)C1. The molecular weight excluding hydrogens is 240 g/mol. The highest BCUT2D eigenvalue weighted by molar-refractivity contribution is 4.97. The van der Waals surface area contributed by atoms with Crippen LogP contribution in [0.15, 0.2) is 0 Å². The molecule has 1 heterocycles. The van der Waals surface area contributed by atoms with Crippen molar-refractivity contribution in [2.45, 2.75) is 76.5 Å². The number of hydrazine groups is 1. The molecule has 0 radical (unpaired) electrons. The fourth-order valence-corrected chi connectivity index (χ4v) is 3.70. The van der Waals surface area contributed by atoms with Gasteiger partial charge in [-0.2, -0.15) is 0 Å². The van der Waals surface area contributed by atoms with Crippen molar-refractivity contribution in [1.29, 1.82) is 0 Å². The van der Waals surface area contributed by atoms with Gasteiger partial charge in [0.05, 0.1) is 17.7 Å². The zero-order chi connectivity index (χ0) is 13.7. The van der Waals surface area contributed by atoms with E-state index in [1.165, 1.54) is 19.3 Å². The van der Waals surface area contributed by atoms with E-state index in [2.05, 4.69) is 19.3 Å². The first-order chi connectivity index (χ1) is 9.24. The maximum atomic E-state index is 6.02. The summed E-state index contributed by atoms with van der Waals surface area (Å²) < 4.78 is 11.9. The molecule has 1 saturated heterocycles. The minimum absolute atomic E-state index is 0.182. The van der Waals surface area contributed by atoms with E-state index in [-0.39, 0.29) is 17.7 Å². The van der Waals surface area contributed by atoms with Gasteiger partial charge in [0, 0.05) is 13.2 Å². The van der Waals surface area contributed by atoms with Gasteiger partial charge in [-0.05, 0) is 51.4 Å². The summed E-state index contributed by atoms with van der Waals surface area (Å²) in [6.07, 6.45) is 8.47. The van der Waals surface area contributed by atoms with Crippen LogP contribution in [0.4, 0.5) is 0 Å². The van der Waals surface area contributed by atoms with Crippen molar-refractivity contribution in [2.24, 2.45) is 11.8 Å². The highest BCUT2D eigenvalue weighted by Gasteiger charge is 2.45. The van der Waals surface area contributed by atoms with Crippen LogP contribution in [0.5, 0.6) is 0 Å². The van der Waals surface area contributed by atoms with Crippen molar-refractivity contribution in [3.63, 3.8) is 0 Å². The molecule has 3 atom stereocenters. The Labute approximate surface area is 117 Å². The second kappa shape index (κ2) is 7.02. The third kappa shape index (κ3) is 3.48.